The van der Waals surface area contributed by atoms with Crippen LogP contribution in [0.1, 0.15) is 12.0 Å². The summed E-state index contributed by atoms with van der Waals surface area (Å²) in [5, 5.41) is 0. The highest BCUT2D eigenvalue weighted by Gasteiger charge is 2.37. The molecule has 1 atom stereocenters. The molecule has 1 aromatic carbocycles. The molecule has 0 aliphatic carbocycles. The molecule has 0 amide bonds. The molecule has 0 spiro atoms. The number of halogens is 3. The minimum atomic E-state index is -4.53. The van der Waals surface area contributed by atoms with Gasteiger partial charge in [-0.3, -0.25) is 0 Å². The summed E-state index contributed by atoms with van der Waals surface area (Å²) in [6.45, 7) is 0. The van der Waals surface area contributed by atoms with Crippen molar-refractivity contribution < 1.29 is 21.6 Å². The summed E-state index contributed by atoms with van der Waals surface area (Å²) >= 11 is 0. The minimum Gasteiger partial charge on any atom is -0.399 e. The molecule has 4 nitrogen and oxygen atoms in total. The Labute approximate surface area is 115 Å². The van der Waals surface area contributed by atoms with Gasteiger partial charge < -0.3 is 10.6 Å². The predicted octanol–water partition coefficient (Wildman–Crippen LogP) is 1.91. The third kappa shape index (κ3) is 3.00. The highest BCUT2D eigenvalue weighted by molar-refractivity contribution is 7.91. The zero-order valence-corrected chi connectivity index (χ0v) is 11.6. The molecule has 0 saturated carbocycles. The van der Waals surface area contributed by atoms with Crippen molar-refractivity contribution in [3.05, 3.63) is 23.8 Å². The molecule has 1 heterocycles. The molecule has 2 N–H and O–H groups in total. The van der Waals surface area contributed by atoms with Crippen molar-refractivity contribution in [3.63, 3.8) is 0 Å². The first kappa shape index (κ1) is 15.0. The Balaban J connectivity index is 2.38. The Morgan fingerprint density at radius 3 is 2.50 bits per heavy atom. The largest absolute Gasteiger partial charge is 0.418 e. The zero-order valence-electron chi connectivity index (χ0n) is 10.8. The van der Waals surface area contributed by atoms with Gasteiger partial charge >= 0.3 is 6.18 Å². The molecule has 0 radical (unpaired) electrons. The van der Waals surface area contributed by atoms with E-state index in [9.17, 15) is 21.6 Å². The average molecular weight is 308 g/mol. The van der Waals surface area contributed by atoms with E-state index in [0.717, 1.165) is 6.07 Å². The van der Waals surface area contributed by atoms with E-state index in [1.807, 2.05) is 0 Å². The first-order chi connectivity index (χ1) is 9.10. The average Bonchev–Trinajstić information content (AvgIpc) is 2.67. The molecule has 112 valence electrons. The highest BCUT2D eigenvalue weighted by atomic mass is 32.2. The topological polar surface area (TPSA) is 63.4 Å². The van der Waals surface area contributed by atoms with E-state index in [2.05, 4.69) is 0 Å². The number of hydrogen-bond donors (Lipinski definition) is 1. The summed E-state index contributed by atoms with van der Waals surface area (Å²) in [5.74, 6) is -0.108. The van der Waals surface area contributed by atoms with Crippen molar-refractivity contribution in [1.29, 1.82) is 0 Å². The number of sulfone groups is 1. The van der Waals surface area contributed by atoms with Gasteiger partial charge in [0.2, 0.25) is 0 Å². The number of hydrogen-bond acceptors (Lipinski definition) is 4. The molecule has 0 bridgehead atoms. The van der Waals surface area contributed by atoms with E-state index in [4.69, 9.17) is 5.73 Å². The summed E-state index contributed by atoms with van der Waals surface area (Å²) in [7, 11) is -1.67. The standard InChI is InChI=1S/C12H15F3N2O2S/c1-17(9-4-5-20(18,19)7-9)11-3-2-8(16)6-10(11)12(13,14)15/h2-3,6,9H,4-5,7,16H2,1H3. The maximum Gasteiger partial charge on any atom is 0.418 e. The Kier molecular flexibility index (Phi) is 3.62. The van der Waals surface area contributed by atoms with Gasteiger partial charge in [-0.1, -0.05) is 0 Å². The number of anilines is 2. The van der Waals surface area contributed by atoms with E-state index in [1.165, 1.54) is 24.1 Å². The molecule has 0 aromatic heterocycles. The van der Waals surface area contributed by atoms with Gasteiger partial charge in [0.05, 0.1) is 17.1 Å². The van der Waals surface area contributed by atoms with Gasteiger partial charge in [-0.05, 0) is 24.6 Å². The molecular weight excluding hydrogens is 293 g/mol. The normalized spacial score (nSPS) is 21.9. The third-order valence-corrected chi connectivity index (χ3v) is 5.21. The number of nitrogens with two attached hydrogens (primary N) is 1. The maximum atomic E-state index is 13.0. The first-order valence-corrected chi connectivity index (χ1v) is 7.82. The highest BCUT2D eigenvalue weighted by Crippen LogP contribution is 2.38. The lowest BCUT2D eigenvalue weighted by molar-refractivity contribution is -0.137. The van der Waals surface area contributed by atoms with Crippen molar-refractivity contribution in [1.82, 2.24) is 0 Å². The quantitative estimate of drug-likeness (QED) is 0.848. The molecule has 20 heavy (non-hydrogen) atoms. The molecule has 2 rings (SSSR count). The zero-order chi connectivity index (χ0) is 15.1. The van der Waals surface area contributed by atoms with Crippen molar-refractivity contribution in [2.45, 2.75) is 18.6 Å². The third-order valence-electron chi connectivity index (χ3n) is 3.46. The SMILES string of the molecule is CN(c1ccc(N)cc1C(F)(F)F)C1CCS(=O)(=O)C1. The van der Waals surface area contributed by atoms with Gasteiger partial charge in [0, 0.05) is 24.5 Å². The molecule has 1 aromatic rings. The van der Waals surface area contributed by atoms with Crippen LogP contribution in [0.15, 0.2) is 18.2 Å². The predicted molar refractivity (Wildman–Crippen MR) is 71.3 cm³/mol. The summed E-state index contributed by atoms with van der Waals surface area (Å²) in [4.78, 5) is 1.38. The van der Waals surface area contributed by atoms with Crippen LogP contribution in [-0.2, 0) is 16.0 Å². The van der Waals surface area contributed by atoms with Crippen molar-refractivity contribution in [3.8, 4) is 0 Å². The minimum absolute atomic E-state index is 0.0122. The summed E-state index contributed by atoms with van der Waals surface area (Å²) < 4.78 is 62.0. The Hall–Kier alpha value is -1.44. The van der Waals surface area contributed by atoms with Gasteiger partial charge in [-0.25, -0.2) is 8.42 Å². The molecular formula is C12H15F3N2O2S. The van der Waals surface area contributed by atoms with Gasteiger partial charge in [-0.2, -0.15) is 13.2 Å². The van der Waals surface area contributed by atoms with E-state index in [0.29, 0.717) is 6.42 Å². The number of benzene rings is 1. The summed E-state index contributed by atoms with van der Waals surface area (Å²) in [6.07, 6.45) is -4.20. The van der Waals surface area contributed by atoms with Gasteiger partial charge in [-0.15, -0.1) is 0 Å². The van der Waals surface area contributed by atoms with Gasteiger partial charge in [0.1, 0.15) is 0 Å². The smallest absolute Gasteiger partial charge is 0.399 e. The lowest BCUT2D eigenvalue weighted by atomic mass is 10.1. The fourth-order valence-electron chi connectivity index (χ4n) is 2.37. The molecule has 8 heteroatoms. The fraction of sp³-hybridized carbons (Fsp3) is 0.500. The lowest BCUT2D eigenvalue weighted by Gasteiger charge is -2.28. The number of nitrogen functional groups attached to an aromatic ring is 1. The monoisotopic (exact) mass is 308 g/mol. The van der Waals surface area contributed by atoms with Gasteiger partial charge in [0.25, 0.3) is 0 Å². The second-order valence-corrected chi connectivity index (χ2v) is 7.17. The Bertz CT molecular complexity index is 614. The Morgan fingerprint density at radius 2 is 2.00 bits per heavy atom. The van der Waals surface area contributed by atoms with Crippen LogP contribution in [0.5, 0.6) is 0 Å². The lowest BCUT2D eigenvalue weighted by Crippen LogP contribution is -2.34. The van der Waals surface area contributed by atoms with Crippen LogP contribution in [0.2, 0.25) is 0 Å². The van der Waals surface area contributed by atoms with E-state index in [1.54, 1.807) is 0 Å². The fourth-order valence-corrected chi connectivity index (χ4v) is 4.14. The van der Waals surface area contributed by atoms with Crippen LogP contribution in [0.3, 0.4) is 0 Å². The Morgan fingerprint density at radius 1 is 1.35 bits per heavy atom. The van der Waals surface area contributed by atoms with Crippen LogP contribution >= 0.6 is 0 Å². The molecule has 1 unspecified atom stereocenters. The van der Waals surface area contributed by atoms with Gasteiger partial charge in [0.15, 0.2) is 9.84 Å². The number of rotatable bonds is 2. The van der Waals surface area contributed by atoms with Crippen molar-refractivity contribution >= 4 is 21.2 Å². The summed E-state index contributed by atoms with van der Waals surface area (Å²) in [6, 6.07) is 3.09. The van der Waals surface area contributed by atoms with Crippen LogP contribution in [0.4, 0.5) is 24.5 Å². The second-order valence-electron chi connectivity index (χ2n) is 4.94. The van der Waals surface area contributed by atoms with Crippen LogP contribution < -0.4 is 10.6 Å². The van der Waals surface area contributed by atoms with Crippen molar-refractivity contribution in [2.75, 3.05) is 29.2 Å². The first-order valence-electron chi connectivity index (χ1n) is 6.00. The second kappa shape index (κ2) is 4.83. The summed E-state index contributed by atoms with van der Waals surface area (Å²) in [5.41, 5.74) is 4.54. The van der Waals surface area contributed by atoms with Crippen LogP contribution in [-0.4, -0.2) is 33.0 Å². The van der Waals surface area contributed by atoms with E-state index < -0.39 is 27.6 Å². The van der Waals surface area contributed by atoms with E-state index >= 15 is 0 Å². The number of nitrogens with zero attached hydrogens (tertiary/aromatic N) is 1. The van der Waals surface area contributed by atoms with Crippen LogP contribution in [0.25, 0.3) is 0 Å². The number of alkyl halides is 3. The van der Waals surface area contributed by atoms with Crippen molar-refractivity contribution in [2.24, 2.45) is 0 Å². The van der Waals surface area contributed by atoms with Crippen LogP contribution in [0, 0.1) is 0 Å². The molecule has 1 fully saturated rings. The van der Waals surface area contributed by atoms with E-state index in [-0.39, 0.29) is 22.9 Å². The maximum absolute atomic E-state index is 13.0. The molecule has 1 saturated heterocycles. The molecule has 1 aliphatic rings. The molecule has 1 aliphatic heterocycles.